The Kier molecular flexibility index (Phi) is 3.66. The molecule has 6 heteroatoms. The number of H-pyrrole nitrogens is 1. The third kappa shape index (κ3) is 2.82. The van der Waals surface area contributed by atoms with Crippen LogP contribution < -0.4 is 0 Å². The number of aromatic amines is 1. The summed E-state index contributed by atoms with van der Waals surface area (Å²) < 4.78 is 13.5. The summed E-state index contributed by atoms with van der Waals surface area (Å²) in [7, 11) is 0. The SMILES string of the molecule is O=C(Cc1c(F)cccc1Cl)c1c[nH]c(C(=O)O)c1. The van der Waals surface area contributed by atoms with E-state index in [1.165, 1.54) is 30.5 Å². The number of aromatic nitrogens is 1. The molecular weight excluding hydrogens is 273 g/mol. The summed E-state index contributed by atoms with van der Waals surface area (Å²) in [6.07, 6.45) is 1.06. The van der Waals surface area contributed by atoms with Crippen LogP contribution in [0.25, 0.3) is 0 Å². The molecule has 98 valence electrons. The zero-order chi connectivity index (χ0) is 14.0. The quantitative estimate of drug-likeness (QED) is 0.847. The lowest BCUT2D eigenvalue weighted by Crippen LogP contribution is -2.05. The molecule has 0 aliphatic rings. The number of ketones is 1. The van der Waals surface area contributed by atoms with E-state index >= 15 is 0 Å². The molecule has 1 aromatic carbocycles. The first kappa shape index (κ1) is 13.3. The number of nitrogens with one attached hydrogen (secondary N) is 1. The molecule has 0 saturated heterocycles. The minimum atomic E-state index is -1.16. The molecule has 4 nitrogen and oxygen atoms in total. The maximum atomic E-state index is 13.5. The second kappa shape index (κ2) is 5.24. The summed E-state index contributed by atoms with van der Waals surface area (Å²) in [5, 5.41) is 8.90. The fraction of sp³-hybridized carbons (Fsp3) is 0.0769. The van der Waals surface area contributed by atoms with E-state index < -0.39 is 17.6 Å². The molecule has 19 heavy (non-hydrogen) atoms. The first-order chi connectivity index (χ1) is 8.99. The Morgan fingerprint density at radius 2 is 2.11 bits per heavy atom. The maximum Gasteiger partial charge on any atom is 0.352 e. The summed E-state index contributed by atoms with van der Waals surface area (Å²) in [6.45, 7) is 0. The van der Waals surface area contributed by atoms with E-state index in [9.17, 15) is 14.0 Å². The summed E-state index contributed by atoms with van der Waals surface area (Å²) in [5.74, 6) is -2.13. The smallest absolute Gasteiger partial charge is 0.352 e. The lowest BCUT2D eigenvalue weighted by atomic mass is 10.0. The predicted octanol–water partition coefficient (Wildman–Crippen LogP) is 2.93. The monoisotopic (exact) mass is 281 g/mol. The van der Waals surface area contributed by atoms with Crippen molar-refractivity contribution in [3.05, 3.63) is 58.1 Å². The van der Waals surface area contributed by atoms with Crippen molar-refractivity contribution in [2.75, 3.05) is 0 Å². The van der Waals surface area contributed by atoms with Gasteiger partial charge in [-0.3, -0.25) is 4.79 Å². The Morgan fingerprint density at radius 3 is 2.68 bits per heavy atom. The first-order valence-electron chi connectivity index (χ1n) is 5.37. The molecule has 0 fully saturated rings. The number of hydrogen-bond acceptors (Lipinski definition) is 2. The van der Waals surface area contributed by atoms with Crippen molar-refractivity contribution in [1.82, 2.24) is 4.98 Å². The largest absolute Gasteiger partial charge is 0.477 e. The van der Waals surface area contributed by atoms with E-state index in [2.05, 4.69) is 4.98 Å². The van der Waals surface area contributed by atoms with E-state index in [1.807, 2.05) is 0 Å². The molecule has 0 aliphatic heterocycles. The highest BCUT2D eigenvalue weighted by molar-refractivity contribution is 6.31. The van der Waals surface area contributed by atoms with Crippen molar-refractivity contribution in [2.45, 2.75) is 6.42 Å². The molecule has 0 radical (unpaired) electrons. The molecule has 0 spiro atoms. The predicted molar refractivity (Wildman–Crippen MR) is 67.2 cm³/mol. The molecule has 0 atom stereocenters. The highest BCUT2D eigenvalue weighted by Gasteiger charge is 2.16. The number of halogens is 2. The summed E-state index contributed by atoms with van der Waals surface area (Å²) in [4.78, 5) is 25.0. The molecule has 2 aromatic rings. The van der Waals surface area contributed by atoms with Crippen molar-refractivity contribution < 1.29 is 19.1 Å². The molecule has 1 aromatic heterocycles. The molecular formula is C13H9ClFNO3. The van der Waals surface area contributed by atoms with Crippen molar-refractivity contribution in [3.63, 3.8) is 0 Å². The Morgan fingerprint density at radius 1 is 1.37 bits per heavy atom. The van der Waals surface area contributed by atoms with Crippen LogP contribution >= 0.6 is 11.6 Å². The number of carbonyl (C=O) groups excluding carboxylic acids is 1. The molecule has 0 saturated carbocycles. The zero-order valence-corrected chi connectivity index (χ0v) is 10.4. The van der Waals surface area contributed by atoms with Gasteiger partial charge in [-0.2, -0.15) is 0 Å². The van der Waals surface area contributed by atoms with Crippen LogP contribution in [-0.4, -0.2) is 21.8 Å². The molecule has 1 heterocycles. The Labute approximate surface area is 112 Å². The first-order valence-corrected chi connectivity index (χ1v) is 5.74. The average Bonchev–Trinajstić information content (AvgIpc) is 2.83. The Hall–Kier alpha value is -2.14. The molecule has 0 bridgehead atoms. The number of carboxylic acid groups (broad SMARTS) is 1. The summed E-state index contributed by atoms with van der Waals surface area (Å²) in [5.41, 5.74) is 0.187. The third-order valence-electron chi connectivity index (χ3n) is 2.63. The molecule has 0 amide bonds. The number of carboxylic acids is 1. The number of benzene rings is 1. The van der Waals surface area contributed by atoms with Crippen molar-refractivity contribution in [2.24, 2.45) is 0 Å². The van der Waals surface area contributed by atoms with Crippen molar-refractivity contribution in [1.29, 1.82) is 0 Å². The van der Waals surface area contributed by atoms with E-state index in [1.54, 1.807) is 0 Å². The van der Waals surface area contributed by atoms with E-state index in [0.717, 1.165) is 0 Å². The third-order valence-corrected chi connectivity index (χ3v) is 2.99. The van der Waals surface area contributed by atoms with Crippen LogP contribution in [0.1, 0.15) is 26.4 Å². The second-order valence-corrected chi connectivity index (χ2v) is 4.31. The second-order valence-electron chi connectivity index (χ2n) is 3.91. The fourth-order valence-corrected chi connectivity index (χ4v) is 1.87. The number of hydrogen-bond donors (Lipinski definition) is 2. The molecule has 0 unspecified atom stereocenters. The van der Waals surface area contributed by atoms with Gasteiger partial charge in [0.15, 0.2) is 5.78 Å². The van der Waals surface area contributed by atoms with Crippen LogP contribution in [0.15, 0.2) is 30.5 Å². The lowest BCUT2D eigenvalue weighted by molar-refractivity contribution is 0.0691. The van der Waals surface area contributed by atoms with Gasteiger partial charge >= 0.3 is 5.97 Å². The topological polar surface area (TPSA) is 70.2 Å². The molecule has 0 aliphatic carbocycles. The van der Waals surface area contributed by atoms with Gasteiger partial charge in [0.25, 0.3) is 0 Å². The lowest BCUT2D eigenvalue weighted by Gasteiger charge is -2.03. The van der Waals surface area contributed by atoms with Gasteiger partial charge in [0.2, 0.25) is 0 Å². The van der Waals surface area contributed by atoms with E-state index in [4.69, 9.17) is 16.7 Å². The van der Waals surface area contributed by atoms with Gasteiger partial charge in [-0.05, 0) is 18.2 Å². The Bertz CT molecular complexity index is 631. The number of carbonyl (C=O) groups is 2. The van der Waals surface area contributed by atoms with E-state index in [0.29, 0.717) is 0 Å². The van der Waals surface area contributed by atoms with Gasteiger partial charge in [0, 0.05) is 28.8 Å². The minimum absolute atomic E-state index is 0.0945. The normalized spacial score (nSPS) is 10.4. The molecule has 2 N–H and O–H groups in total. The van der Waals surface area contributed by atoms with E-state index in [-0.39, 0.29) is 28.3 Å². The summed E-state index contributed by atoms with van der Waals surface area (Å²) in [6, 6.07) is 5.37. The van der Waals surface area contributed by atoms with Gasteiger partial charge in [0.05, 0.1) is 0 Å². The highest BCUT2D eigenvalue weighted by Crippen LogP contribution is 2.21. The highest BCUT2D eigenvalue weighted by atomic mass is 35.5. The van der Waals surface area contributed by atoms with Crippen LogP contribution in [0.4, 0.5) is 4.39 Å². The van der Waals surface area contributed by atoms with Crippen molar-refractivity contribution >= 4 is 23.4 Å². The van der Waals surface area contributed by atoms with Gasteiger partial charge in [-0.15, -0.1) is 0 Å². The van der Waals surface area contributed by atoms with Crippen LogP contribution in [-0.2, 0) is 6.42 Å². The van der Waals surface area contributed by atoms with Crippen molar-refractivity contribution in [3.8, 4) is 0 Å². The Balaban J connectivity index is 2.23. The number of rotatable bonds is 4. The fourth-order valence-electron chi connectivity index (χ4n) is 1.64. The minimum Gasteiger partial charge on any atom is -0.477 e. The number of Topliss-reactive ketones (excluding diaryl/α,β-unsaturated/α-hetero) is 1. The van der Waals surface area contributed by atoms with Crippen LogP contribution in [0, 0.1) is 5.82 Å². The zero-order valence-electron chi connectivity index (χ0n) is 9.61. The van der Waals surface area contributed by atoms with Gasteiger partial charge < -0.3 is 10.1 Å². The standard InChI is InChI=1S/C13H9ClFNO3/c14-9-2-1-3-10(15)8(9)5-12(17)7-4-11(13(18)19)16-6-7/h1-4,6,16H,5H2,(H,18,19). The maximum absolute atomic E-state index is 13.5. The van der Waals surface area contributed by atoms with Gasteiger partial charge in [0.1, 0.15) is 11.5 Å². The van der Waals surface area contributed by atoms with Gasteiger partial charge in [-0.25, -0.2) is 9.18 Å². The van der Waals surface area contributed by atoms with Crippen LogP contribution in [0.2, 0.25) is 5.02 Å². The van der Waals surface area contributed by atoms with Crippen LogP contribution in [0.5, 0.6) is 0 Å². The molecule has 2 rings (SSSR count). The summed E-state index contributed by atoms with van der Waals surface area (Å²) >= 11 is 5.82. The van der Waals surface area contributed by atoms with Gasteiger partial charge in [-0.1, -0.05) is 17.7 Å². The number of aromatic carboxylic acids is 1. The average molecular weight is 282 g/mol. The van der Waals surface area contributed by atoms with Crippen LogP contribution in [0.3, 0.4) is 0 Å².